The van der Waals surface area contributed by atoms with Crippen LogP contribution in [0.5, 0.6) is 0 Å². The highest BCUT2D eigenvalue weighted by molar-refractivity contribution is 9.10. The quantitative estimate of drug-likeness (QED) is 0.432. The first-order valence-electron chi connectivity index (χ1n) is 8.66. The van der Waals surface area contributed by atoms with Gasteiger partial charge in [0.25, 0.3) is 0 Å². The standard InChI is InChI=1S/C22H15BrFN3/c23-16-7-3-5-14(11-16)19-13-21(15-6-4-8-17(24)12-15)27-20-10-2-1-9-18(20)25-22(27)26-19/h1-13,21H,(H,25,26)/t21-/m0/s1. The van der Waals surface area contributed by atoms with E-state index in [0.29, 0.717) is 0 Å². The molecule has 132 valence electrons. The maximum atomic E-state index is 13.9. The van der Waals surface area contributed by atoms with Gasteiger partial charge < -0.3 is 5.32 Å². The zero-order valence-corrected chi connectivity index (χ0v) is 15.8. The summed E-state index contributed by atoms with van der Waals surface area (Å²) in [5, 5.41) is 3.44. The van der Waals surface area contributed by atoms with Crippen molar-refractivity contribution in [1.29, 1.82) is 0 Å². The second-order valence-corrected chi connectivity index (χ2v) is 7.43. The molecule has 0 radical (unpaired) electrons. The zero-order chi connectivity index (χ0) is 18.4. The Kier molecular flexibility index (Phi) is 3.83. The van der Waals surface area contributed by atoms with Crippen molar-refractivity contribution in [3.05, 3.63) is 100 Å². The van der Waals surface area contributed by atoms with E-state index in [-0.39, 0.29) is 11.9 Å². The molecule has 5 rings (SSSR count). The third kappa shape index (κ3) is 2.84. The molecule has 27 heavy (non-hydrogen) atoms. The van der Waals surface area contributed by atoms with Crippen LogP contribution in [0.4, 0.5) is 10.3 Å². The second kappa shape index (κ2) is 6.35. The van der Waals surface area contributed by atoms with Crippen LogP contribution in [0.1, 0.15) is 17.2 Å². The van der Waals surface area contributed by atoms with E-state index >= 15 is 0 Å². The van der Waals surface area contributed by atoms with Crippen molar-refractivity contribution in [2.75, 3.05) is 5.32 Å². The summed E-state index contributed by atoms with van der Waals surface area (Å²) in [5.41, 5.74) is 4.80. The topological polar surface area (TPSA) is 29.9 Å². The van der Waals surface area contributed by atoms with E-state index in [9.17, 15) is 4.39 Å². The predicted octanol–water partition coefficient (Wildman–Crippen LogP) is 5.99. The molecule has 0 amide bonds. The molecular formula is C22H15BrFN3. The van der Waals surface area contributed by atoms with Gasteiger partial charge in [-0.2, -0.15) is 0 Å². The molecule has 5 heteroatoms. The highest BCUT2D eigenvalue weighted by Crippen LogP contribution is 2.37. The number of aromatic nitrogens is 2. The van der Waals surface area contributed by atoms with Gasteiger partial charge in [0.05, 0.1) is 17.1 Å². The Bertz CT molecular complexity index is 1200. The lowest BCUT2D eigenvalue weighted by atomic mass is 10.0. The minimum Gasteiger partial charge on any atom is -0.325 e. The number of halogens is 2. The Morgan fingerprint density at radius 1 is 0.963 bits per heavy atom. The summed E-state index contributed by atoms with van der Waals surface area (Å²) in [6, 6.07) is 22.7. The maximum Gasteiger partial charge on any atom is 0.209 e. The number of imidazole rings is 1. The van der Waals surface area contributed by atoms with Crippen LogP contribution in [0.2, 0.25) is 0 Å². The van der Waals surface area contributed by atoms with Crippen LogP contribution in [0.3, 0.4) is 0 Å². The number of hydrogen-bond donors (Lipinski definition) is 1. The summed E-state index contributed by atoms with van der Waals surface area (Å²) in [5.74, 6) is 0.511. The van der Waals surface area contributed by atoms with Crippen LogP contribution in [-0.2, 0) is 0 Å². The number of allylic oxidation sites excluding steroid dienone is 1. The summed E-state index contributed by atoms with van der Waals surface area (Å²) in [6.45, 7) is 0. The van der Waals surface area contributed by atoms with Crippen molar-refractivity contribution >= 4 is 38.6 Å². The predicted molar refractivity (Wildman–Crippen MR) is 110 cm³/mol. The van der Waals surface area contributed by atoms with Gasteiger partial charge in [-0.1, -0.05) is 52.3 Å². The van der Waals surface area contributed by atoms with Crippen LogP contribution < -0.4 is 5.32 Å². The van der Waals surface area contributed by atoms with Crippen molar-refractivity contribution in [1.82, 2.24) is 9.55 Å². The number of anilines is 1. The minimum atomic E-state index is -0.241. The lowest BCUT2D eigenvalue weighted by Gasteiger charge is -2.26. The molecule has 0 spiro atoms. The number of hydrogen-bond acceptors (Lipinski definition) is 2. The molecule has 1 N–H and O–H groups in total. The van der Waals surface area contributed by atoms with E-state index in [4.69, 9.17) is 4.98 Å². The number of benzene rings is 3. The molecule has 0 saturated carbocycles. The molecule has 1 aliphatic rings. The van der Waals surface area contributed by atoms with Crippen LogP contribution in [0, 0.1) is 5.82 Å². The molecule has 0 bridgehead atoms. The number of rotatable bonds is 2. The van der Waals surface area contributed by atoms with E-state index < -0.39 is 0 Å². The molecule has 0 saturated heterocycles. The lowest BCUT2D eigenvalue weighted by molar-refractivity contribution is 0.619. The van der Waals surface area contributed by atoms with Crippen LogP contribution in [-0.4, -0.2) is 9.55 Å². The molecule has 1 atom stereocenters. The van der Waals surface area contributed by atoms with Crippen LogP contribution in [0.25, 0.3) is 16.7 Å². The molecule has 1 aromatic heterocycles. The maximum absolute atomic E-state index is 13.9. The molecule has 0 aliphatic carbocycles. The van der Waals surface area contributed by atoms with E-state index in [1.54, 1.807) is 12.1 Å². The monoisotopic (exact) mass is 419 g/mol. The third-order valence-corrected chi connectivity index (χ3v) is 5.26. The van der Waals surface area contributed by atoms with Crippen molar-refractivity contribution in [3.63, 3.8) is 0 Å². The van der Waals surface area contributed by atoms with Gasteiger partial charge in [-0.15, -0.1) is 0 Å². The minimum absolute atomic E-state index is 0.154. The first kappa shape index (κ1) is 16.3. The Morgan fingerprint density at radius 3 is 2.67 bits per heavy atom. The highest BCUT2D eigenvalue weighted by Gasteiger charge is 2.25. The molecule has 1 aliphatic heterocycles. The number of nitrogens with zero attached hydrogens (tertiary/aromatic N) is 2. The van der Waals surface area contributed by atoms with E-state index in [2.05, 4.69) is 38.0 Å². The van der Waals surface area contributed by atoms with Crippen LogP contribution in [0.15, 0.2) is 83.3 Å². The molecule has 3 aromatic carbocycles. The average molecular weight is 420 g/mol. The summed E-state index contributed by atoms with van der Waals surface area (Å²) < 4.78 is 17.1. The molecule has 4 aromatic rings. The normalized spacial score (nSPS) is 15.9. The van der Waals surface area contributed by atoms with Crippen molar-refractivity contribution in [3.8, 4) is 0 Å². The zero-order valence-electron chi connectivity index (χ0n) is 14.2. The molecule has 0 fully saturated rings. The molecule has 0 unspecified atom stereocenters. The SMILES string of the molecule is Fc1cccc([C@@H]2C=C(c3cccc(Br)c3)Nc3nc4ccccc4n32)c1. The first-order valence-corrected chi connectivity index (χ1v) is 9.45. The summed E-state index contributed by atoms with van der Waals surface area (Å²) >= 11 is 3.53. The second-order valence-electron chi connectivity index (χ2n) is 6.51. The van der Waals surface area contributed by atoms with E-state index in [0.717, 1.165) is 38.3 Å². The largest absolute Gasteiger partial charge is 0.325 e. The van der Waals surface area contributed by atoms with Crippen molar-refractivity contribution < 1.29 is 4.39 Å². The molecule has 2 heterocycles. The van der Waals surface area contributed by atoms with Gasteiger partial charge in [0, 0.05) is 10.2 Å². The van der Waals surface area contributed by atoms with Crippen LogP contribution >= 0.6 is 15.9 Å². The molecular weight excluding hydrogens is 405 g/mol. The Balaban J connectivity index is 1.74. The number of nitrogens with one attached hydrogen (secondary N) is 1. The highest BCUT2D eigenvalue weighted by atomic mass is 79.9. The van der Waals surface area contributed by atoms with E-state index in [1.807, 2.05) is 48.5 Å². The number of para-hydroxylation sites is 2. The fraction of sp³-hybridized carbons (Fsp3) is 0.0455. The molecule has 3 nitrogen and oxygen atoms in total. The Hall–Kier alpha value is -2.92. The fourth-order valence-electron chi connectivity index (χ4n) is 3.57. The fourth-order valence-corrected chi connectivity index (χ4v) is 3.97. The van der Waals surface area contributed by atoms with Crippen molar-refractivity contribution in [2.24, 2.45) is 0 Å². The van der Waals surface area contributed by atoms with Gasteiger partial charge in [0.15, 0.2) is 0 Å². The van der Waals surface area contributed by atoms with E-state index in [1.165, 1.54) is 6.07 Å². The van der Waals surface area contributed by atoms with Gasteiger partial charge in [-0.25, -0.2) is 9.37 Å². The number of fused-ring (bicyclic) bond motifs is 3. The Labute approximate surface area is 164 Å². The van der Waals surface area contributed by atoms with Gasteiger partial charge in [0.1, 0.15) is 5.82 Å². The first-order chi connectivity index (χ1) is 13.2. The third-order valence-electron chi connectivity index (χ3n) is 4.77. The smallest absolute Gasteiger partial charge is 0.209 e. The Morgan fingerprint density at radius 2 is 1.81 bits per heavy atom. The average Bonchev–Trinajstić information content (AvgIpc) is 3.06. The van der Waals surface area contributed by atoms with Gasteiger partial charge in [-0.05, 0) is 53.6 Å². The van der Waals surface area contributed by atoms with Gasteiger partial charge in [-0.3, -0.25) is 4.57 Å². The lowest BCUT2D eigenvalue weighted by Crippen LogP contribution is -2.19. The van der Waals surface area contributed by atoms with Crippen molar-refractivity contribution in [2.45, 2.75) is 6.04 Å². The summed E-state index contributed by atoms with van der Waals surface area (Å²) in [4.78, 5) is 4.76. The van der Waals surface area contributed by atoms with Gasteiger partial charge >= 0.3 is 0 Å². The van der Waals surface area contributed by atoms with Gasteiger partial charge in [0.2, 0.25) is 5.95 Å². The summed E-state index contributed by atoms with van der Waals surface area (Å²) in [6.07, 6.45) is 2.12. The summed E-state index contributed by atoms with van der Waals surface area (Å²) in [7, 11) is 0.